The van der Waals surface area contributed by atoms with Crippen molar-refractivity contribution in [2.75, 3.05) is 18.0 Å². The van der Waals surface area contributed by atoms with E-state index in [-0.39, 0.29) is 0 Å². The number of benzene rings is 1. The van der Waals surface area contributed by atoms with Crippen molar-refractivity contribution in [2.24, 2.45) is 5.92 Å². The van der Waals surface area contributed by atoms with Crippen LogP contribution in [0.15, 0.2) is 22.7 Å². The number of hydrogen-bond acceptors (Lipinski definition) is 2. The molecule has 2 rings (SSSR count). The summed E-state index contributed by atoms with van der Waals surface area (Å²) in [6.07, 6.45) is 1.23. The third-order valence-electron chi connectivity index (χ3n) is 4.51. The van der Waals surface area contributed by atoms with Crippen molar-refractivity contribution in [1.82, 2.24) is 5.32 Å². The molecule has 3 atom stereocenters. The lowest BCUT2D eigenvalue weighted by Gasteiger charge is -2.44. The van der Waals surface area contributed by atoms with E-state index in [2.05, 4.69) is 72.0 Å². The Hall–Kier alpha value is -0.540. The highest BCUT2D eigenvalue weighted by Crippen LogP contribution is 2.31. The third-order valence-corrected chi connectivity index (χ3v) is 5.40. The minimum Gasteiger partial charge on any atom is -0.368 e. The highest BCUT2D eigenvalue weighted by Gasteiger charge is 2.31. The Bertz CT molecular complexity index is 433. The molecule has 19 heavy (non-hydrogen) atoms. The summed E-state index contributed by atoms with van der Waals surface area (Å²) >= 11 is 3.58. The number of hydrogen-bond donors (Lipinski definition) is 1. The lowest BCUT2D eigenvalue weighted by molar-refractivity contribution is 0.274. The van der Waals surface area contributed by atoms with E-state index in [0.29, 0.717) is 18.0 Å². The van der Waals surface area contributed by atoms with E-state index in [1.165, 1.54) is 22.1 Å². The van der Waals surface area contributed by atoms with Crippen molar-refractivity contribution in [3.8, 4) is 0 Å². The number of aryl methyl sites for hydroxylation is 1. The maximum atomic E-state index is 3.62. The van der Waals surface area contributed by atoms with Crippen LogP contribution in [0.2, 0.25) is 0 Å². The van der Waals surface area contributed by atoms with Crippen LogP contribution in [0.25, 0.3) is 0 Å². The fourth-order valence-corrected chi connectivity index (χ4v) is 3.33. The van der Waals surface area contributed by atoms with Crippen LogP contribution in [0, 0.1) is 12.8 Å². The molecular weight excluding hydrogens is 300 g/mol. The Kier molecular flexibility index (Phi) is 4.91. The van der Waals surface area contributed by atoms with Gasteiger partial charge in [-0.3, -0.25) is 0 Å². The van der Waals surface area contributed by atoms with E-state index in [4.69, 9.17) is 0 Å². The molecule has 1 aromatic rings. The van der Waals surface area contributed by atoms with Gasteiger partial charge >= 0.3 is 0 Å². The van der Waals surface area contributed by atoms with Crippen LogP contribution in [0.1, 0.15) is 32.8 Å². The van der Waals surface area contributed by atoms with E-state index < -0.39 is 0 Å². The van der Waals surface area contributed by atoms with Crippen molar-refractivity contribution < 1.29 is 0 Å². The number of nitrogens with zero attached hydrogens (tertiary/aromatic N) is 1. The van der Waals surface area contributed by atoms with Crippen LogP contribution in [0.3, 0.4) is 0 Å². The molecule has 106 valence electrons. The molecule has 1 fully saturated rings. The van der Waals surface area contributed by atoms with E-state index in [1.807, 2.05) is 0 Å². The minimum atomic E-state index is 0.582. The van der Waals surface area contributed by atoms with E-state index in [0.717, 1.165) is 13.1 Å². The lowest BCUT2D eigenvalue weighted by Crippen LogP contribution is -2.53. The molecule has 2 nitrogen and oxygen atoms in total. The minimum absolute atomic E-state index is 0.582. The number of halogens is 1. The van der Waals surface area contributed by atoms with Gasteiger partial charge in [-0.15, -0.1) is 0 Å². The highest BCUT2D eigenvalue weighted by molar-refractivity contribution is 9.10. The Labute approximate surface area is 125 Å². The maximum absolute atomic E-state index is 3.62. The largest absolute Gasteiger partial charge is 0.368 e. The van der Waals surface area contributed by atoms with Gasteiger partial charge in [0, 0.05) is 28.8 Å². The first-order valence-electron chi connectivity index (χ1n) is 7.30. The normalized spacial score (nSPS) is 27.6. The molecule has 0 bridgehead atoms. The summed E-state index contributed by atoms with van der Waals surface area (Å²) in [6, 6.07) is 7.93. The number of rotatable bonds is 3. The molecule has 0 radical (unpaired) electrons. The fourth-order valence-electron chi connectivity index (χ4n) is 3.09. The first-order valence-corrected chi connectivity index (χ1v) is 8.10. The van der Waals surface area contributed by atoms with Gasteiger partial charge in [0.25, 0.3) is 0 Å². The molecule has 1 aliphatic rings. The summed E-state index contributed by atoms with van der Waals surface area (Å²) in [5.41, 5.74) is 2.67. The van der Waals surface area contributed by atoms with Gasteiger partial charge in [-0.2, -0.15) is 0 Å². The Morgan fingerprint density at radius 1 is 1.37 bits per heavy atom. The Balaban J connectivity index is 2.15. The summed E-state index contributed by atoms with van der Waals surface area (Å²) in [4.78, 5) is 2.55. The average molecular weight is 325 g/mol. The van der Waals surface area contributed by atoms with Gasteiger partial charge in [-0.25, -0.2) is 0 Å². The quantitative estimate of drug-likeness (QED) is 0.905. The van der Waals surface area contributed by atoms with Crippen molar-refractivity contribution >= 4 is 21.6 Å². The zero-order chi connectivity index (χ0) is 14.0. The number of anilines is 1. The molecule has 1 heterocycles. The topological polar surface area (TPSA) is 15.3 Å². The second kappa shape index (κ2) is 6.27. The van der Waals surface area contributed by atoms with Crippen LogP contribution >= 0.6 is 15.9 Å². The molecule has 1 saturated heterocycles. The summed E-state index contributed by atoms with van der Waals surface area (Å²) in [6.45, 7) is 11.3. The highest BCUT2D eigenvalue weighted by atomic mass is 79.9. The first kappa shape index (κ1) is 14.9. The van der Waals surface area contributed by atoms with Gasteiger partial charge in [-0.1, -0.05) is 29.8 Å². The third kappa shape index (κ3) is 3.14. The first-order chi connectivity index (χ1) is 9.04. The van der Waals surface area contributed by atoms with E-state index in [9.17, 15) is 0 Å². The van der Waals surface area contributed by atoms with Crippen LogP contribution < -0.4 is 10.2 Å². The predicted molar refractivity (Wildman–Crippen MR) is 86.9 cm³/mol. The second-order valence-electron chi connectivity index (χ2n) is 5.68. The maximum Gasteiger partial charge on any atom is 0.0372 e. The van der Waals surface area contributed by atoms with Gasteiger partial charge < -0.3 is 10.2 Å². The number of piperidine rings is 1. The van der Waals surface area contributed by atoms with E-state index in [1.54, 1.807) is 0 Å². The summed E-state index contributed by atoms with van der Waals surface area (Å²) in [5, 5.41) is 3.62. The van der Waals surface area contributed by atoms with Crippen molar-refractivity contribution in [3.63, 3.8) is 0 Å². The molecule has 1 N–H and O–H groups in total. The molecule has 0 saturated carbocycles. The molecular formula is C16H25BrN2. The second-order valence-corrected chi connectivity index (χ2v) is 6.53. The van der Waals surface area contributed by atoms with Gasteiger partial charge in [-0.05, 0) is 56.5 Å². The molecule has 3 heteroatoms. The summed E-state index contributed by atoms with van der Waals surface area (Å²) < 4.78 is 1.19. The van der Waals surface area contributed by atoms with Gasteiger partial charge in [0.05, 0.1) is 0 Å². The zero-order valence-corrected chi connectivity index (χ0v) is 14.0. The summed E-state index contributed by atoms with van der Waals surface area (Å²) in [5.74, 6) is 0.678. The SMILES string of the molecule is CCNC1CCN(c2ccc(Br)c(C)c2)C(C)C1C. The Morgan fingerprint density at radius 2 is 2.11 bits per heavy atom. The van der Waals surface area contributed by atoms with Crippen molar-refractivity contribution in [2.45, 2.75) is 46.2 Å². The van der Waals surface area contributed by atoms with Crippen LogP contribution in [0.4, 0.5) is 5.69 Å². The van der Waals surface area contributed by atoms with Crippen LogP contribution in [-0.4, -0.2) is 25.2 Å². The smallest absolute Gasteiger partial charge is 0.0372 e. The standard InChI is InChI=1S/C16H25BrN2/c1-5-18-16-8-9-19(13(4)12(16)3)14-6-7-15(17)11(2)10-14/h6-7,10,12-13,16,18H,5,8-9H2,1-4H3. The van der Waals surface area contributed by atoms with Gasteiger partial charge in [0.15, 0.2) is 0 Å². The molecule has 1 aliphatic heterocycles. The van der Waals surface area contributed by atoms with Crippen LogP contribution in [0.5, 0.6) is 0 Å². The molecule has 0 aliphatic carbocycles. The van der Waals surface area contributed by atoms with Gasteiger partial charge in [0.1, 0.15) is 0 Å². The number of nitrogens with one attached hydrogen (secondary N) is 1. The fraction of sp³-hybridized carbons (Fsp3) is 0.625. The molecule has 3 unspecified atom stereocenters. The molecule has 0 aromatic heterocycles. The Morgan fingerprint density at radius 3 is 2.74 bits per heavy atom. The molecule has 1 aromatic carbocycles. The van der Waals surface area contributed by atoms with Crippen molar-refractivity contribution in [3.05, 3.63) is 28.2 Å². The lowest BCUT2D eigenvalue weighted by atomic mass is 9.86. The van der Waals surface area contributed by atoms with Crippen LogP contribution in [-0.2, 0) is 0 Å². The molecule has 0 spiro atoms. The monoisotopic (exact) mass is 324 g/mol. The predicted octanol–water partition coefficient (Wildman–Crippen LogP) is 3.97. The average Bonchev–Trinajstić information content (AvgIpc) is 2.39. The van der Waals surface area contributed by atoms with Gasteiger partial charge in [0.2, 0.25) is 0 Å². The van der Waals surface area contributed by atoms with E-state index >= 15 is 0 Å². The summed E-state index contributed by atoms with van der Waals surface area (Å²) in [7, 11) is 0. The van der Waals surface area contributed by atoms with Crippen molar-refractivity contribution in [1.29, 1.82) is 0 Å². The zero-order valence-electron chi connectivity index (χ0n) is 12.4. The molecule has 0 amide bonds.